The Balaban J connectivity index is 1.52. The molecule has 2 heterocycles. The van der Waals surface area contributed by atoms with Crippen LogP contribution in [0.25, 0.3) is 11.4 Å². The van der Waals surface area contributed by atoms with Crippen LogP contribution in [0.15, 0.2) is 57.5 Å². The summed E-state index contributed by atoms with van der Waals surface area (Å²) in [4.78, 5) is 19.0. The van der Waals surface area contributed by atoms with Crippen molar-refractivity contribution in [3.05, 3.63) is 63.9 Å². The first-order chi connectivity index (χ1) is 13.1. The molecule has 2 amide bonds. The van der Waals surface area contributed by atoms with Gasteiger partial charge in [0.05, 0.1) is 0 Å². The molecule has 27 heavy (non-hydrogen) atoms. The van der Waals surface area contributed by atoms with E-state index in [9.17, 15) is 4.79 Å². The predicted molar refractivity (Wildman–Crippen MR) is 107 cm³/mol. The number of nitrogens with one attached hydrogen (secondary N) is 1. The molecular weight excluding hydrogens is 432 g/mol. The second-order valence-electron chi connectivity index (χ2n) is 6.22. The molecule has 138 valence electrons. The topological polar surface area (TPSA) is 71.3 Å². The number of carbonyl (C=O) groups excluding carboxylic acids is 1. The second kappa shape index (κ2) is 7.70. The van der Waals surface area contributed by atoms with Gasteiger partial charge in [-0.15, -0.1) is 0 Å². The SMILES string of the molecule is O=C(Nc1ccc(Cl)cc1)N1CCC[C@H]1c1nc(-c2ccccc2Br)no1. The number of carbonyl (C=O) groups is 1. The predicted octanol–water partition coefficient (Wildman–Crippen LogP) is 5.52. The molecule has 4 rings (SSSR count). The number of likely N-dealkylation sites (tertiary alicyclic amines) is 1. The van der Waals surface area contributed by atoms with E-state index >= 15 is 0 Å². The third kappa shape index (κ3) is 3.84. The number of anilines is 1. The van der Waals surface area contributed by atoms with Crippen molar-refractivity contribution in [1.82, 2.24) is 15.0 Å². The monoisotopic (exact) mass is 446 g/mol. The summed E-state index contributed by atoms with van der Waals surface area (Å²) in [7, 11) is 0. The lowest BCUT2D eigenvalue weighted by atomic mass is 10.2. The number of rotatable bonds is 3. The molecule has 0 saturated carbocycles. The maximum Gasteiger partial charge on any atom is 0.322 e. The standard InChI is InChI=1S/C19H16BrClN4O2/c20-15-5-2-1-4-14(15)17-23-18(27-24-17)16-6-3-11-25(16)19(26)22-13-9-7-12(21)8-10-13/h1-2,4-5,7-10,16H,3,6,11H2,(H,22,26)/t16-/m0/s1. The first-order valence-corrected chi connectivity index (χ1v) is 9.70. The lowest BCUT2D eigenvalue weighted by Gasteiger charge is -2.22. The average Bonchev–Trinajstić information content (AvgIpc) is 3.33. The van der Waals surface area contributed by atoms with E-state index in [0.29, 0.717) is 29.0 Å². The van der Waals surface area contributed by atoms with Crippen LogP contribution in [0.4, 0.5) is 10.5 Å². The molecule has 8 heteroatoms. The highest BCUT2D eigenvalue weighted by atomic mass is 79.9. The quantitative estimate of drug-likeness (QED) is 0.574. The van der Waals surface area contributed by atoms with Crippen LogP contribution in [0.1, 0.15) is 24.8 Å². The largest absolute Gasteiger partial charge is 0.337 e. The highest BCUT2D eigenvalue weighted by molar-refractivity contribution is 9.10. The summed E-state index contributed by atoms with van der Waals surface area (Å²) in [5.41, 5.74) is 1.54. The van der Waals surface area contributed by atoms with Crippen LogP contribution < -0.4 is 5.32 Å². The maximum atomic E-state index is 12.7. The van der Waals surface area contributed by atoms with E-state index in [0.717, 1.165) is 22.9 Å². The van der Waals surface area contributed by atoms with Gasteiger partial charge in [0.1, 0.15) is 6.04 Å². The van der Waals surface area contributed by atoms with Crippen LogP contribution in [0, 0.1) is 0 Å². The van der Waals surface area contributed by atoms with Crippen LogP contribution in [0.2, 0.25) is 5.02 Å². The van der Waals surface area contributed by atoms with Crippen molar-refractivity contribution in [2.24, 2.45) is 0 Å². The highest BCUT2D eigenvalue weighted by Gasteiger charge is 2.34. The zero-order valence-corrected chi connectivity index (χ0v) is 16.6. The van der Waals surface area contributed by atoms with E-state index in [2.05, 4.69) is 31.4 Å². The Kier molecular flexibility index (Phi) is 5.13. The first kappa shape index (κ1) is 18.0. The van der Waals surface area contributed by atoms with Gasteiger partial charge in [-0.2, -0.15) is 4.98 Å². The third-order valence-electron chi connectivity index (χ3n) is 4.45. The van der Waals surface area contributed by atoms with Crippen LogP contribution in [-0.2, 0) is 0 Å². The fourth-order valence-electron chi connectivity index (χ4n) is 3.12. The summed E-state index contributed by atoms with van der Waals surface area (Å²) in [5.74, 6) is 0.951. The third-order valence-corrected chi connectivity index (χ3v) is 5.39. The number of hydrogen-bond donors (Lipinski definition) is 1. The van der Waals surface area contributed by atoms with Gasteiger partial charge in [0.2, 0.25) is 11.7 Å². The van der Waals surface area contributed by atoms with E-state index in [1.807, 2.05) is 24.3 Å². The zero-order chi connectivity index (χ0) is 18.8. The van der Waals surface area contributed by atoms with Crippen molar-refractivity contribution in [3.63, 3.8) is 0 Å². The molecule has 3 aromatic rings. The van der Waals surface area contributed by atoms with E-state index in [1.165, 1.54) is 0 Å². The Labute approximate surface area is 169 Å². The number of benzene rings is 2. The number of aromatic nitrogens is 2. The molecule has 1 N–H and O–H groups in total. The van der Waals surface area contributed by atoms with Crippen molar-refractivity contribution in [1.29, 1.82) is 0 Å². The first-order valence-electron chi connectivity index (χ1n) is 8.53. The van der Waals surface area contributed by atoms with E-state index in [4.69, 9.17) is 16.1 Å². The Bertz CT molecular complexity index is 960. The number of halogens is 2. The lowest BCUT2D eigenvalue weighted by molar-refractivity contribution is 0.193. The Morgan fingerprint density at radius 2 is 2.00 bits per heavy atom. The summed E-state index contributed by atoms with van der Waals surface area (Å²) < 4.78 is 6.37. The maximum absolute atomic E-state index is 12.7. The molecular formula is C19H16BrClN4O2. The number of urea groups is 1. The van der Waals surface area contributed by atoms with E-state index < -0.39 is 0 Å². The summed E-state index contributed by atoms with van der Waals surface area (Å²) in [6.07, 6.45) is 1.66. The molecule has 2 aromatic carbocycles. The van der Waals surface area contributed by atoms with Gasteiger partial charge in [-0.25, -0.2) is 4.79 Å². The fourth-order valence-corrected chi connectivity index (χ4v) is 3.71. The van der Waals surface area contributed by atoms with Gasteiger partial charge in [0.25, 0.3) is 0 Å². The van der Waals surface area contributed by atoms with Gasteiger partial charge in [0.15, 0.2) is 0 Å². The molecule has 6 nitrogen and oxygen atoms in total. The fraction of sp³-hybridized carbons (Fsp3) is 0.211. The van der Waals surface area contributed by atoms with Gasteiger partial charge < -0.3 is 14.7 Å². The minimum absolute atomic E-state index is 0.194. The van der Waals surface area contributed by atoms with Crippen molar-refractivity contribution >= 4 is 39.2 Å². The van der Waals surface area contributed by atoms with Crippen molar-refractivity contribution in [3.8, 4) is 11.4 Å². The number of nitrogens with zero attached hydrogens (tertiary/aromatic N) is 3. The summed E-state index contributed by atoms with van der Waals surface area (Å²) in [6, 6.07) is 14.3. The second-order valence-corrected chi connectivity index (χ2v) is 7.52. The van der Waals surface area contributed by atoms with Crippen LogP contribution in [0.5, 0.6) is 0 Å². The summed E-state index contributed by atoms with van der Waals surface area (Å²) in [6.45, 7) is 0.636. The molecule has 0 radical (unpaired) electrons. The molecule has 0 spiro atoms. The Morgan fingerprint density at radius 1 is 1.22 bits per heavy atom. The molecule has 1 fully saturated rings. The smallest absolute Gasteiger partial charge is 0.322 e. The van der Waals surface area contributed by atoms with Crippen LogP contribution >= 0.6 is 27.5 Å². The van der Waals surface area contributed by atoms with Crippen LogP contribution in [0.3, 0.4) is 0 Å². The van der Waals surface area contributed by atoms with Gasteiger partial charge in [0, 0.05) is 27.3 Å². The molecule has 1 aromatic heterocycles. The van der Waals surface area contributed by atoms with Gasteiger partial charge in [-0.1, -0.05) is 44.8 Å². The summed E-state index contributed by atoms with van der Waals surface area (Å²) in [5, 5.41) is 7.60. The summed E-state index contributed by atoms with van der Waals surface area (Å²) >= 11 is 9.39. The highest BCUT2D eigenvalue weighted by Crippen LogP contribution is 2.33. The zero-order valence-electron chi connectivity index (χ0n) is 14.2. The van der Waals surface area contributed by atoms with Crippen LogP contribution in [-0.4, -0.2) is 27.6 Å². The van der Waals surface area contributed by atoms with E-state index in [-0.39, 0.29) is 12.1 Å². The minimum Gasteiger partial charge on any atom is -0.337 e. The molecule has 0 bridgehead atoms. The molecule has 1 atom stereocenters. The number of amides is 2. The Hall–Kier alpha value is -2.38. The van der Waals surface area contributed by atoms with Gasteiger partial charge in [-0.05, 0) is 49.2 Å². The minimum atomic E-state index is -0.235. The van der Waals surface area contributed by atoms with Crippen molar-refractivity contribution < 1.29 is 9.32 Å². The molecule has 1 saturated heterocycles. The Morgan fingerprint density at radius 3 is 2.78 bits per heavy atom. The van der Waals surface area contributed by atoms with Crippen molar-refractivity contribution in [2.75, 3.05) is 11.9 Å². The van der Waals surface area contributed by atoms with Crippen molar-refractivity contribution in [2.45, 2.75) is 18.9 Å². The van der Waals surface area contributed by atoms with Gasteiger partial charge in [-0.3, -0.25) is 0 Å². The normalized spacial score (nSPS) is 16.5. The molecule has 0 aliphatic carbocycles. The number of hydrogen-bond acceptors (Lipinski definition) is 4. The molecule has 1 aliphatic heterocycles. The molecule has 1 aliphatic rings. The van der Waals surface area contributed by atoms with Gasteiger partial charge >= 0.3 is 6.03 Å². The lowest BCUT2D eigenvalue weighted by Crippen LogP contribution is -2.34. The average molecular weight is 448 g/mol. The van der Waals surface area contributed by atoms with E-state index in [1.54, 1.807) is 29.2 Å². The molecule has 0 unspecified atom stereocenters.